The van der Waals surface area contributed by atoms with Crippen LogP contribution < -0.4 is 0 Å². The van der Waals surface area contributed by atoms with Crippen molar-refractivity contribution in [1.29, 1.82) is 0 Å². The van der Waals surface area contributed by atoms with Crippen molar-refractivity contribution in [3.05, 3.63) is 70.2 Å². The second-order valence-corrected chi connectivity index (χ2v) is 7.41. The molecule has 3 rings (SSSR count). The minimum atomic E-state index is 0.303. The summed E-state index contributed by atoms with van der Waals surface area (Å²) in [6.45, 7) is 0. The first-order valence-corrected chi connectivity index (χ1v) is 8.89. The van der Waals surface area contributed by atoms with Crippen LogP contribution in [0.4, 0.5) is 0 Å². The van der Waals surface area contributed by atoms with Crippen molar-refractivity contribution in [2.75, 3.05) is 0 Å². The lowest BCUT2D eigenvalue weighted by atomic mass is 9.75. The monoisotopic (exact) mass is 362 g/mol. The number of alkyl halides is 1. The molecule has 1 fully saturated rings. The van der Waals surface area contributed by atoms with E-state index >= 15 is 0 Å². The molecule has 110 valence electrons. The Kier molecular flexibility index (Phi) is 5.03. The Labute approximate surface area is 140 Å². The van der Waals surface area contributed by atoms with Crippen molar-refractivity contribution in [1.82, 2.24) is 0 Å². The van der Waals surface area contributed by atoms with Crippen molar-refractivity contribution in [2.45, 2.75) is 37.0 Å². The molecule has 0 nitrogen and oxygen atoms in total. The van der Waals surface area contributed by atoms with E-state index in [1.807, 2.05) is 0 Å². The van der Waals surface area contributed by atoms with Gasteiger partial charge in [0.2, 0.25) is 0 Å². The molecule has 0 aliphatic heterocycles. The van der Waals surface area contributed by atoms with Gasteiger partial charge in [0.1, 0.15) is 0 Å². The average molecular weight is 364 g/mol. The van der Waals surface area contributed by atoms with Crippen molar-refractivity contribution < 1.29 is 0 Å². The highest BCUT2D eigenvalue weighted by Crippen LogP contribution is 2.40. The highest BCUT2D eigenvalue weighted by molar-refractivity contribution is 9.10. The van der Waals surface area contributed by atoms with Gasteiger partial charge in [-0.1, -0.05) is 64.5 Å². The van der Waals surface area contributed by atoms with Crippen molar-refractivity contribution in [2.24, 2.45) is 5.92 Å². The molecular weight excluding hydrogens is 344 g/mol. The molecule has 1 aliphatic rings. The topological polar surface area (TPSA) is 0 Å². The third-order valence-corrected chi connectivity index (χ3v) is 5.95. The van der Waals surface area contributed by atoms with E-state index in [2.05, 4.69) is 70.5 Å². The molecule has 21 heavy (non-hydrogen) atoms. The van der Waals surface area contributed by atoms with Gasteiger partial charge in [0.15, 0.2) is 0 Å². The predicted octanol–water partition coefficient (Wildman–Crippen LogP) is 6.18. The van der Waals surface area contributed by atoms with Crippen molar-refractivity contribution >= 4 is 27.5 Å². The zero-order chi connectivity index (χ0) is 14.7. The molecule has 2 aromatic rings. The van der Waals surface area contributed by atoms with Gasteiger partial charge in [0.25, 0.3) is 0 Å². The second-order valence-electron chi connectivity index (χ2n) is 5.99. The molecule has 0 spiro atoms. The highest BCUT2D eigenvalue weighted by atomic mass is 79.9. The molecule has 0 saturated heterocycles. The minimum Gasteiger partial charge on any atom is -0.123 e. The second kappa shape index (κ2) is 6.98. The number of hydrogen-bond acceptors (Lipinski definition) is 0. The van der Waals surface area contributed by atoms with Gasteiger partial charge in [-0.2, -0.15) is 0 Å². The maximum atomic E-state index is 6.62. The lowest BCUT2D eigenvalue weighted by molar-refractivity contribution is 0.326. The summed E-state index contributed by atoms with van der Waals surface area (Å²) in [6.07, 6.45) is 4.60. The van der Waals surface area contributed by atoms with E-state index in [1.54, 1.807) is 0 Å². The summed E-state index contributed by atoms with van der Waals surface area (Å²) >= 11 is 10.3. The van der Waals surface area contributed by atoms with Crippen LogP contribution in [0.1, 0.15) is 36.3 Å². The molecule has 2 aromatic carbocycles. The molecule has 0 aromatic heterocycles. The SMILES string of the molecule is ClC1CCC(c2ccccc2)CC1Cc1ccccc1Br. The number of rotatable bonds is 3. The molecule has 3 unspecified atom stereocenters. The number of benzene rings is 2. The normalized spacial score (nSPS) is 25.7. The van der Waals surface area contributed by atoms with Gasteiger partial charge >= 0.3 is 0 Å². The molecule has 0 bridgehead atoms. The van der Waals surface area contributed by atoms with Crippen LogP contribution in [0.2, 0.25) is 0 Å². The maximum absolute atomic E-state index is 6.62. The molecule has 0 N–H and O–H groups in total. The van der Waals surface area contributed by atoms with Crippen LogP contribution in [0.5, 0.6) is 0 Å². The van der Waals surface area contributed by atoms with E-state index in [0.717, 1.165) is 12.8 Å². The predicted molar refractivity (Wildman–Crippen MR) is 94.0 cm³/mol. The molecular formula is C19H20BrCl. The zero-order valence-corrected chi connectivity index (χ0v) is 14.4. The van der Waals surface area contributed by atoms with E-state index in [-0.39, 0.29) is 0 Å². The van der Waals surface area contributed by atoms with Crippen molar-refractivity contribution in [3.8, 4) is 0 Å². The Morgan fingerprint density at radius 2 is 1.67 bits per heavy atom. The fourth-order valence-corrected chi connectivity index (χ4v) is 4.18. The molecule has 0 amide bonds. The van der Waals surface area contributed by atoms with E-state index in [0.29, 0.717) is 17.2 Å². The average Bonchev–Trinajstić information content (AvgIpc) is 2.52. The Morgan fingerprint density at radius 3 is 2.43 bits per heavy atom. The minimum absolute atomic E-state index is 0.303. The van der Waals surface area contributed by atoms with Gasteiger partial charge in [-0.05, 0) is 54.7 Å². The fraction of sp³-hybridized carbons (Fsp3) is 0.368. The summed E-state index contributed by atoms with van der Waals surface area (Å²) in [4.78, 5) is 0. The van der Waals surface area contributed by atoms with Gasteiger partial charge in [-0.15, -0.1) is 11.6 Å². The third-order valence-electron chi connectivity index (χ3n) is 4.60. The molecule has 2 heteroatoms. The molecule has 0 radical (unpaired) electrons. The van der Waals surface area contributed by atoms with Crippen LogP contribution in [0.25, 0.3) is 0 Å². The largest absolute Gasteiger partial charge is 0.123 e. The van der Waals surface area contributed by atoms with Crippen LogP contribution in [-0.2, 0) is 6.42 Å². The Balaban J connectivity index is 1.74. The van der Waals surface area contributed by atoms with Gasteiger partial charge in [0, 0.05) is 9.85 Å². The van der Waals surface area contributed by atoms with Crippen LogP contribution in [0, 0.1) is 5.92 Å². The van der Waals surface area contributed by atoms with Crippen molar-refractivity contribution in [3.63, 3.8) is 0 Å². The van der Waals surface area contributed by atoms with Gasteiger partial charge in [0.05, 0.1) is 0 Å². The first kappa shape index (κ1) is 15.1. The van der Waals surface area contributed by atoms with Crippen LogP contribution in [0.15, 0.2) is 59.1 Å². The van der Waals surface area contributed by atoms with Crippen LogP contribution in [0.3, 0.4) is 0 Å². The van der Waals surface area contributed by atoms with E-state index in [4.69, 9.17) is 11.6 Å². The zero-order valence-electron chi connectivity index (χ0n) is 12.0. The van der Waals surface area contributed by atoms with Crippen LogP contribution in [-0.4, -0.2) is 5.38 Å². The van der Waals surface area contributed by atoms with Gasteiger partial charge in [-0.3, -0.25) is 0 Å². The Hall–Kier alpha value is -0.790. The first-order valence-electron chi connectivity index (χ1n) is 7.66. The summed E-state index contributed by atoms with van der Waals surface area (Å²) < 4.78 is 1.20. The Morgan fingerprint density at radius 1 is 0.952 bits per heavy atom. The van der Waals surface area contributed by atoms with E-state index < -0.39 is 0 Å². The molecule has 1 aliphatic carbocycles. The Bertz CT molecular complexity index is 581. The summed E-state index contributed by atoms with van der Waals surface area (Å²) in [5.41, 5.74) is 2.85. The molecule has 3 atom stereocenters. The molecule has 0 heterocycles. The van der Waals surface area contributed by atoms with Crippen LogP contribution >= 0.6 is 27.5 Å². The fourth-order valence-electron chi connectivity index (χ4n) is 3.41. The highest BCUT2D eigenvalue weighted by Gasteiger charge is 2.30. The standard InChI is InChI=1S/C19H20BrCl/c20-18-9-5-4-8-16(18)13-17-12-15(10-11-19(17)21)14-6-2-1-3-7-14/h1-9,15,17,19H,10-13H2. The lowest BCUT2D eigenvalue weighted by Crippen LogP contribution is -2.26. The number of halogens is 2. The quantitative estimate of drug-likeness (QED) is 0.571. The summed E-state index contributed by atoms with van der Waals surface area (Å²) in [6, 6.07) is 19.4. The summed E-state index contributed by atoms with van der Waals surface area (Å²) in [5.74, 6) is 1.22. The summed E-state index contributed by atoms with van der Waals surface area (Å²) in [7, 11) is 0. The third kappa shape index (κ3) is 3.70. The lowest BCUT2D eigenvalue weighted by Gasteiger charge is -2.33. The van der Waals surface area contributed by atoms with Gasteiger partial charge in [-0.25, -0.2) is 0 Å². The number of hydrogen-bond donors (Lipinski definition) is 0. The summed E-state index contributed by atoms with van der Waals surface area (Å²) in [5, 5.41) is 0.303. The maximum Gasteiger partial charge on any atom is 0.0367 e. The van der Waals surface area contributed by atoms with E-state index in [1.165, 1.54) is 28.4 Å². The first-order chi connectivity index (χ1) is 10.2. The molecule has 1 saturated carbocycles. The smallest absolute Gasteiger partial charge is 0.0367 e. The van der Waals surface area contributed by atoms with Gasteiger partial charge < -0.3 is 0 Å². The van der Waals surface area contributed by atoms with E-state index in [9.17, 15) is 0 Å².